The van der Waals surface area contributed by atoms with Crippen molar-refractivity contribution in [1.29, 1.82) is 10.7 Å². The molecule has 0 atom stereocenters. The van der Waals surface area contributed by atoms with Crippen molar-refractivity contribution in [3.8, 4) is 17.2 Å². The Morgan fingerprint density at radius 1 is 1.00 bits per heavy atom. The number of hydrogen-bond donors (Lipinski definition) is 4. The summed E-state index contributed by atoms with van der Waals surface area (Å²) in [5, 5.41) is 21.4. The molecular formula is C22H16N6O. The van der Waals surface area contributed by atoms with Gasteiger partial charge in [-0.25, -0.2) is 0 Å². The Balaban J connectivity index is 1.98. The SMILES string of the molecule is N#C/C(=N\Nc1cccc2c(=O)c3cccc(-c4ccccc4)c3[nH]c12)C(=N)N. The van der Waals surface area contributed by atoms with Gasteiger partial charge in [-0.15, -0.1) is 0 Å². The summed E-state index contributed by atoms with van der Waals surface area (Å²) in [7, 11) is 0. The lowest BCUT2D eigenvalue weighted by Crippen LogP contribution is -2.22. The number of hydrogen-bond acceptors (Lipinski definition) is 5. The molecule has 4 aromatic rings. The fourth-order valence-corrected chi connectivity index (χ4v) is 3.24. The molecule has 0 radical (unpaired) electrons. The minimum absolute atomic E-state index is 0.105. The van der Waals surface area contributed by atoms with E-state index in [9.17, 15) is 4.79 Å². The summed E-state index contributed by atoms with van der Waals surface area (Å²) >= 11 is 0. The smallest absolute Gasteiger partial charge is 0.201 e. The minimum Gasteiger partial charge on any atom is -0.382 e. The van der Waals surface area contributed by atoms with Gasteiger partial charge in [-0.05, 0) is 23.8 Å². The van der Waals surface area contributed by atoms with Crippen LogP contribution in [0.15, 0.2) is 76.6 Å². The molecule has 0 saturated heterocycles. The Morgan fingerprint density at radius 3 is 2.38 bits per heavy atom. The summed E-state index contributed by atoms with van der Waals surface area (Å²) in [5.74, 6) is -0.439. The summed E-state index contributed by atoms with van der Waals surface area (Å²) in [6.07, 6.45) is 0. The maximum absolute atomic E-state index is 13.1. The first-order valence-electron chi connectivity index (χ1n) is 8.81. The van der Waals surface area contributed by atoms with Gasteiger partial charge in [0.15, 0.2) is 11.3 Å². The Kier molecular flexibility index (Phi) is 4.51. The Bertz CT molecular complexity index is 1380. The number of para-hydroxylation sites is 2. The molecule has 3 aromatic carbocycles. The number of H-pyrrole nitrogens is 1. The topological polar surface area (TPSA) is 131 Å². The van der Waals surface area contributed by atoms with Gasteiger partial charge in [0.2, 0.25) is 5.71 Å². The summed E-state index contributed by atoms with van der Waals surface area (Å²) in [4.78, 5) is 16.5. The normalized spacial score (nSPS) is 11.3. The van der Waals surface area contributed by atoms with E-state index >= 15 is 0 Å². The first kappa shape index (κ1) is 17.9. The molecule has 0 saturated carbocycles. The summed E-state index contributed by atoms with van der Waals surface area (Å²) < 4.78 is 0. The fraction of sp³-hybridized carbons (Fsp3) is 0. The molecule has 140 valence electrons. The molecule has 7 heteroatoms. The van der Waals surface area contributed by atoms with E-state index in [1.807, 2.05) is 42.5 Å². The number of pyridine rings is 1. The molecule has 29 heavy (non-hydrogen) atoms. The summed E-state index contributed by atoms with van der Waals surface area (Å²) in [6, 6.07) is 22.4. The molecular weight excluding hydrogens is 364 g/mol. The lowest BCUT2D eigenvalue weighted by molar-refractivity contribution is 1.33. The van der Waals surface area contributed by atoms with Crippen LogP contribution in [-0.4, -0.2) is 16.5 Å². The van der Waals surface area contributed by atoms with E-state index in [0.717, 1.165) is 11.1 Å². The van der Waals surface area contributed by atoms with Gasteiger partial charge in [0.1, 0.15) is 6.07 Å². The Morgan fingerprint density at radius 2 is 1.69 bits per heavy atom. The van der Waals surface area contributed by atoms with Crippen molar-refractivity contribution in [2.75, 3.05) is 5.43 Å². The Labute approximate surface area is 165 Å². The molecule has 0 spiro atoms. The second kappa shape index (κ2) is 7.29. The number of aromatic nitrogens is 1. The average molecular weight is 380 g/mol. The number of hydrazone groups is 1. The number of amidine groups is 1. The van der Waals surface area contributed by atoms with Gasteiger partial charge in [0, 0.05) is 16.3 Å². The number of nitrogens with zero attached hydrogens (tertiary/aromatic N) is 2. The molecule has 0 bridgehead atoms. The van der Waals surface area contributed by atoms with Crippen LogP contribution in [0.1, 0.15) is 0 Å². The van der Waals surface area contributed by atoms with E-state index in [0.29, 0.717) is 27.5 Å². The highest BCUT2D eigenvalue weighted by atomic mass is 16.1. The van der Waals surface area contributed by atoms with Crippen molar-refractivity contribution in [3.05, 3.63) is 77.0 Å². The summed E-state index contributed by atoms with van der Waals surface area (Å²) in [6.45, 7) is 0. The van der Waals surface area contributed by atoms with Crippen LogP contribution in [0.4, 0.5) is 5.69 Å². The molecule has 0 unspecified atom stereocenters. The quantitative estimate of drug-likeness (QED) is 0.186. The molecule has 0 amide bonds. The molecule has 0 aliphatic heterocycles. The van der Waals surface area contributed by atoms with Crippen LogP contribution in [0.5, 0.6) is 0 Å². The number of nitrogens with two attached hydrogens (primary N) is 1. The van der Waals surface area contributed by atoms with Gasteiger partial charge >= 0.3 is 0 Å². The lowest BCUT2D eigenvalue weighted by Gasteiger charge is -2.11. The maximum atomic E-state index is 13.1. The number of benzene rings is 3. The van der Waals surface area contributed by atoms with Crippen molar-refractivity contribution in [2.24, 2.45) is 10.8 Å². The van der Waals surface area contributed by atoms with E-state index in [1.165, 1.54) is 0 Å². The number of anilines is 1. The number of rotatable bonds is 4. The maximum Gasteiger partial charge on any atom is 0.201 e. The van der Waals surface area contributed by atoms with Crippen molar-refractivity contribution in [2.45, 2.75) is 0 Å². The highest BCUT2D eigenvalue weighted by molar-refractivity contribution is 6.45. The van der Waals surface area contributed by atoms with Crippen LogP contribution in [0.25, 0.3) is 32.9 Å². The third kappa shape index (κ3) is 3.19. The molecule has 1 heterocycles. The van der Waals surface area contributed by atoms with Gasteiger partial charge in [0.05, 0.1) is 16.7 Å². The van der Waals surface area contributed by atoms with Crippen LogP contribution >= 0.6 is 0 Å². The van der Waals surface area contributed by atoms with Crippen LogP contribution < -0.4 is 16.6 Å². The number of fused-ring (bicyclic) bond motifs is 2. The van der Waals surface area contributed by atoms with Crippen LogP contribution in [0.3, 0.4) is 0 Å². The molecule has 0 fully saturated rings. The average Bonchev–Trinajstić information content (AvgIpc) is 2.75. The lowest BCUT2D eigenvalue weighted by atomic mass is 10.0. The van der Waals surface area contributed by atoms with Crippen LogP contribution in [0.2, 0.25) is 0 Å². The van der Waals surface area contributed by atoms with E-state index in [4.69, 9.17) is 16.4 Å². The van der Waals surface area contributed by atoms with Crippen LogP contribution in [-0.2, 0) is 0 Å². The van der Waals surface area contributed by atoms with E-state index in [1.54, 1.807) is 30.3 Å². The fourth-order valence-electron chi connectivity index (χ4n) is 3.24. The second-order valence-corrected chi connectivity index (χ2v) is 6.37. The predicted octanol–water partition coefficient (Wildman–Crippen LogP) is 3.58. The first-order valence-corrected chi connectivity index (χ1v) is 8.81. The predicted molar refractivity (Wildman–Crippen MR) is 116 cm³/mol. The zero-order valence-electron chi connectivity index (χ0n) is 15.2. The zero-order chi connectivity index (χ0) is 20.4. The molecule has 1 aromatic heterocycles. The van der Waals surface area contributed by atoms with Gasteiger partial charge < -0.3 is 10.7 Å². The van der Waals surface area contributed by atoms with Crippen molar-refractivity contribution < 1.29 is 0 Å². The monoisotopic (exact) mass is 380 g/mol. The molecule has 4 rings (SSSR count). The third-order valence-electron chi connectivity index (χ3n) is 4.60. The molecule has 5 N–H and O–H groups in total. The van der Waals surface area contributed by atoms with Gasteiger partial charge in [-0.1, -0.05) is 48.5 Å². The minimum atomic E-state index is -0.439. The standard InChI is InChI=1S/C22H16N6O/c23-12-18(22(24)25)28-27-17-11-5-10-16-20(17)26-19-14(13-6-2-1-3-7-13)8-4-9-15(19)21(16)29/h1-11,27H,(H3,24,25)(H,26,29)/b28-18+. The second-order valence-electron chi connectivity index (χ2n) is 6.37. The molecule has 7 nitrogen and oxygen atoms in total. The highest BCUT2D eigenvalue weighted by Crippen LogP contribution is 2.29. The third-order valence-corrected chi connectivity index (χ3v) is 4.60. The van der Waals surface area contributed by atoms with Gasteiger partial charge in [-0.2, -0.15) is 10.4 Å². The zero-order valence-corrected chi connectivity index (χ0v) is 15.2. The molecule has 0 aliphatic rings. The van der Waals surface area contributed by atoms with Crippen LogP contribution in [0, 0.1) is 16.7 Å². The van der Waals surface area contributed by atoms with Gasteiger partial charge in [-0.3, -0.25) is 15.6 Å². The first-order chi connectivity index (χ1) is 14.1. The number of nitrogens with one attached hydrogen (secondary N) is 3. The van der Waals surface area contributed by atoms with Crippen molar-refractivity contribution in [3.63, 3.8) is 0 Å². The number of aromatic amines is 1. The van der Waals surface area contributed by atoms with E-state index in [2.05, 4.69) is 15.5 Å². The highest BCUT2D eigenvalue weighted by Gasteiger charge is 2.12. The molecule has 0 aliphatic carbocycles. The van der Waals surface area contributed by atoms with Gasteiger partial charge in [0.25, 0.3) is 0 Å². The van der Waals surface area contributed by atoms with E-state index < -0.39 is 5.84 Å². The Hall–Kier alpha value is -4.44. The van der Waals surface area contributed by atoms with Crippen molar-refractivity contribution >= 4 is 39.0 Å². The van der Waals surface area contributed by atoms with E-state index in [-0.39, 0.29) is 11.1 Å². The summed E-state index contributed by atoms with van der Waals surface area (Å²) in [5.41, 5.74) is 11.4. The van der Waals surface area contributed by atoms with Crippen molar-refractivity contribution in [1.82, 2.24) is 4.98 Å². The number of nitriles is 1. The largest absolute Gasteiger partial charge is 0.382 e.